The molecule has 1 atom stereocenters. The predicted octanol–water partition coefficient (Wildman–Crippen LogP) is 4.09. The van der Waals surface area contributed by atoms with Crippen LogP contribution in [0.4, 0.5) is 10.8 Å². The minimum atomic E-state index is -0.286. The van der Waals surface area contributed by atoms with Gasteiger partial charge in [-0.3, -0.25) is 9.59 Å². The molecule has 0 bridgehead atoms. The van der Waals surface area contributed by atoms with Crippen molar-refractivity contribution in [1.82, 2.24) is 10.2 Å². The summed E-state index contributed by atoms with van der Waals surface area (Å²) in [5.74, 6) is -0.136. The molecule has 1 aromatic heterocycles. The highest BCUT2D eigenvalue weighted by Crippen LogP contribution is 2.30. The maximum Gasteiger partial charge on any atom is 0.226 e. The van der Waals surface area contributed by atoms with Crippen LogP contribution in [-0.2, 0) is 4.79 Å². The Morgan fingerprint density at radius 3 is 2.54 bits per heavy atom. The largest absolute Gasteiger partial charge is 0.357 e. The molecular weight excluding hydrogens is 368 g/mol. The fourth-order valence-corrected chi connectivity index (χ4v) is 3.91. The van der Waals surface area contributed by atoms with Crippen molar-refractivity contribution >= 4 is 45.6 Å². The van der Waals surface area contributed by atoms with Gasteiger partial charge in [-0.25, -0.2) is 0 Å². The molecule has 0 aliphatic heterocycles. The maximum absolute atomic E-state index is 12.6. The summed E-state index contributed by atoms with van der Waals surface area (Å²) in [6, 6.07) is 6.94. The zero-order valence-corrected chi connectivity index (χ0v) is 16.6. The van der Waals surface area contributed by atoms with Crippen molar-refractivity contribution in [2.75, 3.05) is 17.2 Å². The summed E-state index contributed by atoms with van der Waals surface area (Å²) in [5, 5.41) is 14.4. The number of hydrogen-bond acceptors (Lipinski definition) is 7. The summed E-state index contributed by atoms with van der Waals surface area (Å²) >= 11 is 2.79. The molecule has 8 heteroatoms. The highest BCUT2D eigenvalue weighted by molar-refractivity contribution is 8.02. The standard InChI is InChI=1S/C18H22N4O2S2/c1-5-10-19-17-21-22-18(26-17)25-12(4)15(23)13-6-8-14(9-7-13)20-16(24)11(2)3/h5-9,11-12H,1,10H2,2-4H3,(H,19,21)(H,20,24)/t12-/m1/s1. The van der Waals surface area contributed by atoms with E-state index >= 15 is 0 Å². The van der Waals surface area contributed by atoms with E-state index in [1.165, 1.54) is 23.1 Å². The minimum Gasteiger partial charge on any atom is -0.357 e. The summed E-state index contributed by atoms with van der Waals surface area (Å²) in [6.45, 7) is 9.77. The lowest BCUT2D eigenvalue weighted by molar-refractivity contribution is -0.118. The van der Waals surface area contributed by atoms with Gasteiger partial charge in [-0.05, 0) is 31.2 Å². The predicted molar refractivity (Wildman–Crippen MR) is 108 cm³/mol. The van der Waals surface area contributed by atoms with Crippen LogP contribution in [0.5, 0.6) is 0 Å². The van der Waals surface area contributed by atoms with Crippen LogP contribution in [0.3, 0.4) is 0 Å². The number of nitrogens with one attached hydrogen (secondary N) is 2. The molecule has 1 aromatic carbocycles. The molecule has 0 saturated carbocycles. The third kappa shape index (κ3) is 5.67. The first-order valence-corrected chi connectivity index (χ1v) is 9.90. The van der Waals surface area contributed by atoms with Gasteiger partial charge in [0.1, 0.15) is 0 Å². The molecule has 0 radical (unpaired) electrons. The van der Waals surface area contributed by atoms with E-state index < -0.39 is 0 Å². The van der Waals surface area contributed by atoms with Crippen molar-refractivity contribution in [3.63, 3.8) is 0 Å². The molecule has 138 valence electrons. The minimum absolute atomic E-state index is 0.00698. The Morgan fingerprint density at radius 2 is 1.92 bits per heavy atom. The van der Waals surface area contributed by atoms with Gasteiger partial charge in [0.25, 0.3) is 0 Å². The van der Waals surface area contributed by atoms with E-state index in [4.69, 9.17) is 0 Å². The van der Waals surface area contributed by atoms with Gasteiger partial charge in [0.15, 0.2) is 10.1 Å². The number of rotatable bonds is 9. The normalized spacial score (nSPS) is 11.8. The molecule has 0 fully saturated rings. The Bertz CT molecular complexity index is 772. The second-order valence-electron chi connectivity index (χ2n) is 5.89. The summed E-state index contributed by atoms with van der Waals surface area (Å²) in [7, 11) is 0. The van der Waals surface area contributed by atoms with Crippen LogP contribution in [0.1, 0.15) is 31.1 Å². The molecule has 2 N–H and O–H groups in total. The number of Topliss-reactive ketones (excluding diaryl/α,β-unsaturated/α-hetero) is 1. The van der Waals surface area contributed by atoms with E-state index in [-0.39, 0.29) is 22.9 Å². The zero-order valence-electron chi connectivity index (χ0n) is 15.0. The molecule has 1 amide bonds. The number of aromatic nitrogens is 2. The van der Waals surface area contributed by atoms with Crippen molar-refractivity contribution in [3.05, 3.63) is 42.5 Å². The summed E-state index contributed by atoms with van der Waals surface area (Å²) < 4.78 is 0.734. The monoisotopic (exact) mass is 390 g/mol. The van der Waals surface area contributed by atoms with Crippen LogP contribution < -0.4 is 10.6 Å². The first kappa shape index (κ1) is 20.1. The smallest absolute Gasteiger partial charge is 0.226 e. The van der Waals surface area contributed by atoms with Crippen LogP contribution in [0.2, 0.25) is 0 Å². The molecule has 0 aliphatic rings. The average Bonchev–Trinajstić information content (AvgIpc) is 3.07. The Balaban J connectivity index is 1.96. The van der Waals surface area contributed by atoms with Crippen LogP contribution >= 0.6 is 23.1 Å². The van der Waals surface area contributed by atoms with E-state index in [1.807, 2.05) is 20.8 Å². The summed E-state index contributed by atoms with van der Waals surface area (Å²) in [6.07, 6.45) is 1.74. The van der Waals surface area contributed by atoms with Gasteiger partial charge in [-0.1, -0.05) is 43.0 Å². The number of amides is 1. The third-order valence-electron chi connectivity index (χ3n) is 3.41. The Morgan fingerprint density at radius 1 is 1.23 bits per heavy atom. The molecule has 6 nitrogen and oxygen atoms in total. The van der Waals surface area contributed by atoms with Crippen LogP contribution in [-0.4, -0.2) is 33.7 Å². The molecule has 1 heterocycles. The molecule has 0 saturated heterocycles. The fourth-order valence-electron chi connectivity index (χ4n) is 1.93. The van der Waals surface area contributed by atoms with Crippen molar-refractivity contribution in [2.24, 2.45) is 5.92 Å². The number of carbonyl (C=O) groups is 2. The van der Waals surface area contributed by atoms with Gasteiger partial charge in [0, 0.05) is 23.7 Å². The number of carbonyl (C=O) groups excluding carboxylic acids is 2. The second-order valence-corrected chi connectivity index (χ2v) is 8.45. The van der Waals surface area contributed by atoms with Crippen LogP contribution in [0, 0.1) is 5.92 Å². The lowest BCUT2D eigenvalue weighted by atomic mass is 10.1. The Kier molecular flexibility index (Phi) is 7.35. The quantitative estimate of drug-likeness (QED) is 0.381. The highest BCUT2D eigenvalue weighted by atomic mass is 32.2. The molecule has 0 unspecified atom stereocenters. The first-order chi connectivity index (χ1) is 12.4. The summed E-state index contributed by atoms with van der Waals surface area (Å²) in [4.78, 5) is 24.3. The van der Waals surface area contributed by atoms with Crippen molar-refractivity contribution in [3.8, 4) is 0 Å². The second kappa shape index (κ2) is 9.49. The SMILES string of the molecule is C=CCNc1nnc(S[C@H](C)C(=O)c2ccc(NC(=O)C(C)C)cc2)s1. The zero-order chi connectivity index (χ0) is 19.1. The van der Waals surface area contributed by atoms with Gasteiger partial charge in [-0.2, -0.15) is 0 Å². The van der Waals surface area contributed by atoms with E-state index in [1.54, 1.807) is 30.3 Å². The van der Waals surface area contributed by atoms with Gasteiger partial charge in [0.2, 0.25) is 11.0 Å². The number of hydrogen-bond donors (Lipinski definition) is 2. The third-order valence-corrected chi connectivity index (χ3v) is 5.48. The number of ketones is 1. The molecule has 2 aromatic rings. The Labute approximate surface area is 161 Å². The lowest BCUT2D eigenvalue weighted by Gasteiger charge is -2.10. The van der Waals surface area contributed by atoms with Crippen molar-refractivity contribution in [1.29, 1.82) is 0 Å². The molecule has 0 aliphatic carbocycles. The Hall–Kier alpha value is -2.19. The van der Waals surface area contributed by atoms with Crippen molar-refractivity contribution < 1.29 is 9.59 Å². The molecule has 26 heavy (non-hydrogen) atoms. The van der Waals surface area contributed by atoms with Crippen molar-refractivity contribution in [2.45, 2.75) is 30.4 Å². The first-order valence-electron chi connectivity index (χ1n) is 8.20. The molecular formula is C18H22N4O2S2. The van der Waals surface area contributed by atoms with E-state index in [9.17, 15) is 9.59 Å². The van der Waals surface area contributed by atoms with Crippen LogP contribution in [0.25, 0.3) is 0 Å². The fraction of sp³-hybridized carbons (Fsp3) is 0.333. The number of nitrogens with zero attached hydrogens (tertiary/aromatic N) is 2. The van der Waals surface area contributed by atoms with E-state index in [0.717, 1.165) is 4.34 Å². The van der Waals surface area contributed by atoms with Crippen LogP contribution in [0.15, 0.2) is 41.3 Å². The van der Waals surface area contributed by atoms with Gasteiger partial charge < -0.3 is 10.6 Å². The van der Waals surface area contributed by atoms with E-state index in [0.29, 0.717) is 22.9 Å². The van der Waals surface area contributed by atoms with Gasteiger partial charge in [-0.15, -0.1) is 16.8 Å². The van der Waals surface area contributed by atoms with Gasteiger partial charge >= 0.3 is 0 Å². The molecule has 0 spiro atoms. The lowest BCUT2D eigenvalue weighted by Crippen LogP contribution is -2.18. The average molecular weight is 391 g/mol. The topological polar surface area (TPSA) is 84.0 Å². The molecule has 2 rings (SSSR count). The number of benzene rings is 1. The van der Waals surface area contributed by atoms with E-state index in [2.05, 4.69) is 27.4 Å². The number of anilines is 2. The maximum atomic E-state index is 12.6. The summed E-state index contributed by atoms with van der Waals surface area (Å²) in [5.41, 5.74) is 1.28. The highest BCUT2D eigenvalue weighted by Gasteiger charge is 2.19. The van der Waals surface area contributed by atoms with Gasteiger partial charge in [0.05, 0.1) is 5.25 Å². The number of thioether (sulfide) groups is 1.